The van der Waals surface area contributed by atoms with Gasteiger partial charge in [-0.3, -0.25) is 9.59 Å². The van der Waals surface area contributed by atoms with E-state index in [1.54, 1.807) is 13.8 Å². The lowest BCUT2D eigenvalue weighted by Crippen LogP contribution is -2.39. The largest absolute Gasteiger partial charge is 0.370 e. The van der Waals surface area contributed by atoms with E-state index >= 15 is 0 Å². The predicted molar refractivity (Wildman–Crippen MR) is 49.6 cm³/mol. The Morgan fingerprint density at radius 1 is 1.38 bits per heavy atom. The first kappa shape index (κ1) is 11.9. The average Bonchev–Trinajstić information content (AvgIpc) is 2.02. The van der Waals surface area contributed by atoms with Gasteiger partial charge in [0.2, 0.25) is 11.8 Å². The fraction of sp³-hybridized carbons (Fsp3) is 0.750. The van der Waals surface area contributed by atoms with Crippen LogP contribution in [0.25, 0.3) is 0 Å². The second kappa shape index (κ2) is 5.53. The fourth-order valence-corrected chi connectivity index (χ4v) is 0.709. The van der Waals surface area contributed by atoms with Gasteiger partial charge in [-0.25, -0.2) is 0 Å². The number of carbonyl (C=O) groups is 2. The highest BCUT2D eigenvalue weighted by Crippen LogP contribution is 1.98. The van der Waals surface area contributed by atoms with Crippen LogP contribution in [0.4, 0.5) is 0 Å². The molecule has 0 rings (SSSR count). The summed E-state index contributed by atoms with van der Waals surface area (Å²) in [5, 5.41) is 2.58. The van der Waals surface area contributed by atoms with Crippen molar-refractivity contribution in [2.45, 2.75) is 26.3 Å². The molecule has 5 N–H and O–H groups in total. The van der Waals surface area contributed by atoms with Crippen molar-refractivity contribution >= 4 is 11.8 Å². The van der Waals surface area contributed by atoms with Crippen LogP contribution in [-0.4, -0.2) is 24.4 Å². The van der Waals surface area contributed by atoms with Gasteiger partial charge in [-0.1, -0.05) is 6.92 Å². The zero-order valence-corrected chi connectivity index (χ0v) is 8.04. The SMILES string of the molecule is CC(N)C(C)C(=O)NCCC(N)=O. The molecule has 0 aliphatic carbocycles. The van der Waals surface area contributed by atoms with Crippen molar-refractivity contribution in [2.24, 2.45) is 17.4 Å². The molecule has 76 valence electrons. The number of rotatable bonds is 5. The molecule has 0 bridgehead atoms. The third-order valence-electron chi connectivity index (χ3n) is 1.87. The molecular formula is C8H17N3O2. The number of nitrogens with two attached hydrogens (primary N) is 2. The summed E-state index contributed by atoms with van der Waals surface area (Å²) in [4.78, 5) is 21.6. The lowest BCUT2D eigenvalue weighted by Gasteiger charge is -2.14. The smallest absolute Gasteiger partial charge is 0.224 e. The number of hydrogen-bond acceptors (Lipinski definition) is 3. The summed E-state index contributed by atoms with van der Waals surface area (Å²) in [6.45, 7) is 3.79. The zero-order chi connectivity index (χ0) is 10.4. The minimum absolute atomic E-state index is 0.142. The first-order valence-electron chi connectivity index (χ1n) is 4.26. The molecule has 2 amide bonds. The van der Waals surface area contributed by atoms with E-state index in [1.165, 1.54) is 0 Å². The van der Waals surface area contributed by atoms with Gasteiger partial charge in [0.15, 0.2) is 0 Å². The maximum Gasteiger partial charge on any atom is 0.224 e. The highest BCUT2D eigenvalue weighted by molar-refractivity contribution is 5.80. The Morgan fingerprint density at radius 3 is 2.31 bits per heavy atom. The van der Waals surface area contributed by atoms with Crippen molar-refractivity contribution in [1.29, 1.82) is 0 Å². The second-order valence-electron chi connectivity index (χ2n) is 3.16. The van der Waals surface area contributed by atoms with E-state index in [0.717, 1.165) is 0 Å². The minimum atomic E-state index is -0.422. The van der Waals surface area contributed by atoms with Crippen LogP contribution < -0.4 is 16.8 Å². The van der Waals surface area contributed by atoms with Crippen LogP contribution in [0, 0.1) is 5.92 Å². The summed E-state index contributed by atoms with van der Waals surface area (Å²) in [5.41, 5.74) is 10.4. The van der Waals surface area contributed by atoms with E-state index in [0.29, 0.717) is 0 Å². The molecule has 0 fully saturated rings. The van der Waals surface area contributed by atoms with Gasteiger partial charge in [0.05, 0.1) is 0 Å². The maximum atomic E-state index is 11.2. The van der Waals surface area contributed by atoms with Crippen molar-refractivity contribution in [3.63, 3.8) is 0 Å². The number of hydrogen-bond donors (Lipinski definition) is 3. The number of nitrogens with one attached hydrogen (secondary N) is 1. The molecule has 0 aromatic carbocycles. The summed E-state index contributed by atoms with van der Waals surface area (Å²) >= 11 is 0. The molecule has 0 aliphatic rings. The van der Waals surface area contributed by atoms with Crippen LogP contribution in [0.3, 0.4) is 0 Å². The molecule has 0 saturated carbocycles. The van der Waals surface area contributed by atoms with Crippen molar-refractivity contribution in [3.05, 3.63) is 0 Å². The van der Waals surface area contributed by atoms with E-state index in [9.17, 15) is 9.59 Å². The molecule has 0 heterocycles. The first-order chi connectivity index (χ1) is 5.95. The Hall–Kier alpha value is -1.10. The zero-order valence-electron chi connectivity index (χ0n) is 8.04. The molecule has 0 aromatic rings. The summed E-state index contributed by atoms with van der Waals surface area (Å²) in [6.07, 6.45) is 0.164. The second-order valence-corrected chi connectivity index (χ2v) is 3.16. The van der Waals surface area contributed by atoms with Crippen molar-refractivity contribution in [2.75, 3.05) is 6.54 Å². The summed E-state index contributed by atoms with van der Waals surface area (Å²) in [5.74, 6) is -0.808. The monoisotopic (exact) mass is 187 g/mol. The van der Waals surface area contributed by atoms with E-state index < -0.39 is 5.91 Å². The molecule has 2 unspecified atom stereocenters. The summed E-state index contributed by atoms with van der Waals surface area (Å²) in [6, 6.07) is -0.187. The summed E-state index contributed by atoms with van der Waals surface area (Å²) < 4.78 is 0. The lowest BCUT2D eigenvalue weighted by atomic mass is 10.0. The van der Waals surface area contributed by atoms with E-state index in [4.69, 9.17) is 11.5 Å². The van der Waals surface area contributed by atoms with Gasteiger partial charge >= 0.3 is 0 Å². The predicted octanol–water partition coefficient (Wildman–Crippen LogP) is -1.04. The molecule has 0 radical (unpaired) electrons. The Labute approximate surface area is 77.8 Å². The average molecular weight is 187 g/mol. The molecule has 0 aromatic heterocycles. The maximum absolute atomic E-state index is 11.2. The Morgan fingerprint density at radius 2 is 1.92 bits per heavy atom. The van der Waals surface area contributed by atoms with Gasteiger partial charge in [-0.15, -0.1) is 0 Å². The quantitative estimate of drug-likeness (QED) is 0.512. The first-order valence-corrected chi connectivity index (χ1v) is 4.26. The van der Waals surface area contributed by atoms with Crippen molar-refractivity contribution < 1.29 is 9.59 Å². The molecule has 0 aliphatic heterocycles. The van der Waals surface area contributed by atoms with Gasteiger partial charge in [-0.05, 0) is 6.92 Å². The fourth-order valence-electron chi connectivity index (χ4n) is 0.709. The highest BCUT2D eigenvalue weighted by atomic mass is 16.2. The van der Waals surface area contributed by atoms with Crippen LogP contribution in [0.15, 0.2) is 0 Å². The Bertz CT molecular complexity index is 192. The van der Waals surface area contributed by atoms with Gasteiger partial charge in [0.25, 0.3) is 0 Å². The summed E-state index contributed by atoms with van der Waals surface area (Å²) in [7, 11) is 0. The van der Waals surface area contributed by atoms with Gasteiger partial charge in [0, 0.05) is 24.9 Å². The lowest BCUT2D eigenvalue weighted by molar-refractivity contribution is -0.125. The molecule has 0 spiro atoms. The standard InChI is InChI=1S/C8H17N3O2/c1-5(6(2)9)8(13)11-4-3-7(10)12/h5-6H,3-4,9H2,1-2H3,(H2,10,12)(H,11,13). The number of primary amides is 1. The van der Waals surface area contributed by atoms with Crippen LogP contribution in [0.1, 0.15) is 20.3 Å². The van der Waals surface area contributed by atoms with Crippen LogP contribution >= 0.6 is 0 Å². The van der Waals surface area contributed by atoms with Gasteiger partial charge in [0.1, 0.15) is 0 Å². The molecule has 13 heavy (non-hydrogen) atoms. The third-order valence-corrected chi connectivity index (χ3v) is 1.87. The molecule has 0 saturated heterocycles. The van der Waals surface area contributed by atoms with Gasteiger partial charge < -0.3 is 16.8 Å². The Balaban J connectivity index is 3.68. The number of carbonyl (C=O) groups excluding carboxylic acids is 2. The van der Waals surface area contributed by atoms with Crippen molar-refractivity contribution in [1.82, 2.24) is 5.32 Å². The Kier molecular flexibility index (Phi) is 5.06. The number of amides is 2. The third kappa shape index (κ3) is 5.19. The van der Waals surface area contributed by atoms with E-state index in [-0.39, 0.29) is 30.8 Å². The van der Waals surface area contributed by atoms with Gasteiger partial charge in [-0.2, -0.15) is 0 Å². The molecule has 2 atom stereocenters. The molecular weight excluding hydrogens is 170 g/mol. The topological polar surface area (TPSA) is 98.2 Å². The molecule has 5 nitrogen and oxygen atoms in total. The van der Waals surface area contributed by atoms with Crippen LogP contribution in [0.2, 0.25) is 0 Å². The normalized spacial score (nSPS) is 14.7. The van der Waals surface area contributed by atoms with Crippen molar-refractivity contribution in [3.8, 4) is 0 Å². The minimum Gasteiger partial charge on any atom is -0.370 e. The highest BCUT2D eigenvalue weighted by Gasteiger charge is 2.16. The van der Waals surface area contributed by atoms with Crippen LogP contribution in [-0.2, 0) is 9.59 Å². The van der Waals surface area contributed by atoms with E-state index in [2.05, 4.69) is 5.32 Å². The van der Waals surface area contributed by atoms with E-state index in [1.807, 2.05) is 0 Å². The van der Waals surface area contributed by atoms with Crippen LogP contribution in [0.5, 0.6) is 0 Å². The molecule has 5 heteroatoms.